The zero-order chi connectivity index (χ0) is 25.7. The Morgan fingerprint density at radius 2 is 2.14 bits per heavy atom. The van der Waals surface area contributed by atoms with Crippen LogP contribution in [0.2, 0.25) is 5.02 Å². The summed E-state index contributed by atoms with van der Waals surface area (Å²) in [5.41, 5.74) is 1.50. The number of anilines is 3. The van der Waals surface area contributed by atoms with E-state index in [1.807, 2.05) is 0 Å². The lowest BCUT2D eigenvalue weighted by Crippen LogP contribution is -2.30. The molecule has 0 saturated carbocycles. The first kappa shape index (κ1) is 25.1. The summed E-state index contributed by atoms with van der Waals surface area (Å²) in [4.78, 5) is 29.5. The number of benzene rings is 2. The van der Waals surface area contributed by atoms with Gasteiger partial charge in [-0.3, -0.25) is 9.78 Å². The minimum absolute atomic E-state index is 0.0326. The van der Waals surface area contributed by atoms with E-state index in [4.69, 9.17) is 16.3 Å². The molecule has 2 aromatic carbocycles. The molecular formula is C25H22ClF2N5O3. The summed E-state index contributed by atoms with van der Waals surface area (Å²) >= 11 is 6.36. The first-order valence-corrected chi connectivity index (χ1v) is 11.4. The normalized spacial score (nSPS) is 14.9. The molecular weight excluding hydrogens is 492 g/mol. The third-order valence-corrected chi connectivity index (χ3v) is 6.00. The molecule has 8 nitrogen and oxygen atoms in total. The number of carbonyl (C=O) groups excluding carboxylic acids is 1. The van der Waals surface area contributed by atoms with Crippen LogP contribution in [0.5, 0.6) is 5.75 Å². The van der Waals surface area contributed by atoms with Crippen LogP contribution in [0, 0.1) is 16.5 Å². The van der Waals surface area contributed by atoms with Crippen LogP contribution in [-0.4, -0.2) is 34.9 Å². The Hall–Kier alpha value is -4.05. The molecule has 4 rings (SSSR count). The average molecular weight is 514 g/mol. The highest BCUT2D eigenvalue weighted by Crippen LogP contribution is 2.37. The predicted molar refractivity (Wildman–Crippen MR) is 133 cm³/mol. The van der Waals surface area contributed by atoms with Crippen molar-refractivity contribution in [2.45, 2.75) is 19.1 Å². The van der Waals surface area contributed by atoms with Crippen molar-refractivity contribution < 1.29 is 18.3 Å². The molecule has 1 aliphatic heterocycles. The maximum atomic E-state index is 13.9. The molecule has 0 bridgehead atoms. The molecule has 0 spiro atoms. The van der Waals surface area contributed by atoms with E-state index >= 15 is 0 Å². The van der Waals surface area contributed by atoms with Crippen molar-refractivity contribution in [3.8, 4) is 5.75 Å². The van der Waals surface area contributed by atoms with Gasteiger partial charge < -0.3 is 15.0 Å². The number of aromatic nitrogens is 1. The first-order valence-electron chi connectivity index (χ1n) is 11.0. The van der Waals surface area contributed by atoms with Gasteiger partial charge in [0.25, 0.3) is 0 Å². The zero-order valence-electron chi connectivity index (χ0n) is 19.0. The molecule has 1 unspecified atom stereocenters. The molecule has 11 heteroatoms. The minimum atomic E-state index is -0.727. The Kier molecular flexibility index (Phi) is 7.74. The van der Waals surface area contributed by atoms with E-state index in [9.17, 15) is 18.5 Å². The van der Waals surface area contributed by atoms with E-state index in [-0.39, 0.29) is 34.9 Å². The van der Waals surface area contributed by atoms with E-state index < -0.39 is 11.6 Å². The van der Waals surface area contributed by atoms with E-state index in [1.165, 1.54) is 30.5 Å². The van der Waals surface area contributed by atoms with Gasteiger partial charge in [0, 0.05) is 37.0 Å². The molecule has 1 aromatic heterocycles. The number of hydrogen-bond donors (Lipinski definition) is 1. The average Bonchev–Trinajstić information content (AvgIpc) is 3.34. The quantitative estimate of drug-likeness (QED) is 0.227. The molecule has 0 radical (unpaired) electrons. The summed E-state index contributed by atoms with van der Waals surface area (Å²) in [6.45, 7) is 4.45. The zero-order valence-corrected chi connectivity index (χ0v) is 19.8. The van der Waals surface area contributed by atoms with Gasteiger partial charge in [-0.05, 0) is 48.9 Å². The van der Waals surface area contributed by atoms with Gasteiger partial charge in [0.2, 0.25) is 5.91 Å². The number of halogens is 3. The maximum Gasteiger partial charge on any atom is 0.246 e. The van der Waals surface area contributed by atoms with Gasteiger partial charge in [0.05, 0.1) is 27.9 Å². The second kappa shape index (κ2) is 11.1. The van der Waals surface area contributed by atoms with Crippen molar-refractivity contribution in [1.29, 1.82) is 0 Å². The molecule has 1 saturated heterocycles. The van der Waals surface area contributed by atoms with Crippen LogP contribution in [0.1, 0.15) is 12.0 Å². The topological polar surface area (TPSA) is 87.1 Å². The number of likely N-dealkylation sites (tertiary alicyclic amines) is 1. The smallest absolute Gasteiger partial charge is 0.246 e. The van der Waals surface area contributed by atoms with Gasteiger partial charge in [-0.1, -0.05) is 18.2 Å². The third kappa shape index (κ3) is 5.60. The Labute approximate surface area is 211 Å². The van der Waals surface area contributed by atoms with Gasteiger partial charge in [-0.25, -0.2) is 8.78 Å². The molecule has 0 aliphatic carbocycles. The Balaban J connectivity index is 1.50. The van der Waals surface area contributed by atoms with E-state index in [2.05, 4.69) is 22.2 Å². The summed E-state index contributed by atoms with van der Waals surface area (Å²) in [6.07, 6.45) is 5.07. The fourth-order valence-corrected chi connectivity index (χ4v) is 4.10. The lowest BCUT2D eigenvalue weighted by Gasteiger charge is -2.22. The van der Waals surface area contributed by atoms with Crippen LogP contribution in [-0.2, 0) is 11.4 Å². The Morgan fingerprint density at radius 1 is 1.31 bits per heavy atom. The molecule has 36 heavy (non-hydrogen) atoms. The van der Waals surface area contributed by atoms with Crippen LogP contribution in [0.25, 0.3) is 0 Å². The molecule has 1 amide bonds. The molecule has 1 N–H and O–H groups in total. The number of pyridine rings is 1. The molecule has 186 valence electrons. The second-order valence-electron chi connectivity index (χ2n) is 8.04. The number of carbonyl (C=O) groups is 1. The van der Waals surface area contributed by atoms with E-state index in [0.29, 0.717) is 30.2 Å². The van der Waals surface area contributed by atoms with Gasteiger partial charge in [-0.15, -0.1) is 4.91 Å². The van der Waals surface area contributed by atoms with Gasteiger partial charge in [0.15, 0.2) is 0 Å². The lowest BCUT2D eigenvalue weighted by molar-refractivity contribution is -0.125. The highest BCUT2D eigenvalue weighted by molar-refractivity contribution is 6.32. The lowest BCUT2D eigenvalue weighted by atomic mass is 10.2. The van der Waals surface area contributed by atoms with Crippen molar-refractivity contribution in [3.63, 3.8) is 0 Å². The number of hydrogen-bond acceptors (Lipinski definition) is 6. The summed E-state index contributed by atoms with van der Waals surface area (Å²) in [6, 6.07) is 9.46. The maximum absolute atomic E-state index is 13.9. The molecule has 2 heterocycles. The van der Waals surface area contributed by atoms with Crippen molar-refractivity contribution in [2.75, 3.05) is 23.4 Å². The summed E-state index contributed by atoms with van der Waals surface area (Å²) in [7, 11) is 0. The van der Waals surface area contributed by atoms with Crippen molar-refractivity contribution in [3.05, 3.63) is 94.6 Å². The largest absolute Gasteiger partial charge is 0.487 e. The van der Waals surface area contributed by atoms with Gasteiger partial charge in [-0.2, -0.15) is 5.01 Å². The standard InChI is InChI=1S/C25H22ClF2N5O3/c1-2-25(34)32-10-8-18(14-32)30-22-7-9-29-13-23(22)33(31-35)19-5-6-24(20(26)12-19)36-15-16-3-4-17(27)11-21(16)28/h2-7,9,11-13,18H,1,8,10,14-15H2,(H,29,30). The van der Waals surface area contributed by atoms with Crippen LogP contribution >= 0.6 is 11.6 Å². The first-order chi connectivity index (χ1) is 17.4. The number of nitrogens with one attached hydrogen (secondary N) is 1. The Morgan fingerprint density at radius 3 is 2.86 bits per heavy atom. The fourth-order valence-electron chi connectivity index (χ4n) is 3.87. The number of nitroso groups, excluding NO2 is 1. The van der Waals surface area contributed by atoms with Crippen molar-refractivity contribution in [2.24, 2.45) is 5.29 Å². The Bertz CT molecular complexity index is 1290. The van der Waals surface area contributed by atoms with Gasteiger partial charge >= 0.3 is 0 Å². The van der Waals surface area contributed by atoms with Crippen LogP contribution < -0.4 is 15.1 Å². The number of ether oxygens (including phenoxy) is 1. The van der Waals surface area contributed by atoms with E-state index in [0.717, 1.165) is 23.6 Å². The van der Waals surface area contributed by atoms with Crippen LogP contribution in [0.4, 0.5) is 25.8 Å². The molecule has 1 fully saturated rings. The SMILES string of the molecule is C=CC(=O)N1CCC(Nc2ccncc2N(N=O)c2ccc(OCc3ccc(F)cc3F)c(Cl)c2)C1. The number of nitrogens with zero attached hydrogens (tertiary/aromatic N) is 4. The highest BCUT2D eigenvalue weighted by atomic mass is 35.5. The van der Waals surface area contributed by atoms with Gasteiger partial charge in [0.1, 0.15) is 29.7 Å². The molecule has 1 aliphatic rings. The third-order valence-electron chi connectivity index (χ3n) is 5.70. The summed E-state index contributed by atoms with van der Waals surface area (Å²) in [5.74, 6) is -1.29. The number of rotatable bonds is 9. The van der Waals surface area contributed by atoms with E-state index in [1.54, 1.807) is 23.2 Å². The van der Waals surface area contributed by atoms with Crippen LogP contribution in [0.3, 0.4) is 0 Å². The highest BCUT2D eigenvalue weighted by Gasteiger charge is 2.26. The second-order valence-corrected chi connectivity index (χ2v) is 8.45. The minimum Gasteiger partial charge on any atom is -0.487 e. The summed E-state index contributed by atoms with van der Waals surface area (Å²) < 4.78 is 32.6. The number of amides is 1. The molecule has 1 atom stereocenters. The fraction of sp³-hybridized carbons (Fsp3) is 0.200. The van der Waals surface area contributed by atoms with Crippen molar-refractivity contribution in [1.82, 2.24) is 9.88 Å². The summed E-state index contributed by atoms with van der Waals surface area (Å²) in [5, 5.41) is 7.79. The van der Waals surface area contributed by atoms with Crippen LogP contribution in [0.15, 0.2) is 72.8 Å². The molecule has 3 aromatic rings. The predicted octanol–water partition coefficient (Wildman–Crippen LogP) is 5.61. The van der Waals surface area contributed by atoms with Crippen molar-refractivity contribution >= 4 is 34.6 Å². The monoisotopic (exact) mass is 513 g/mol.